The average Bonchev–Trinajstić information content (AvgIpc) is 2.38. The number of amides is 1. The number of hydrogen-bond acceptors (Lipinski definition) is 3. The summed E-state index contributed by atoms with van der Waals surface area (Å²) in [6.45, 7) is 0. The second-order valence-corrected chi connectivity index (χ2v) is 4.36. The van der Waals surface area contributed by atoms with Crippen LogP contribution >= 0.6 is 11.6 Å². The molecule has 0 aliphatic heterocycles. The van der Waals surface area contributed by atoms with Crippen molar-refractivity contribution in [3.05, 3.63) is 53.1 Å². The molecule has 0 atom stereocenters. The lowest BCUT2D eigenvalue weighted by atomic mass is 10.1. The number of anilines is 2. The van der Waals surface area contributed by atoms with Crippen LogP contribution in [0.1, 0.15) is 10.4 Å². The number of methoxy groups -OCH3 is 1. The molecule has 0 radical (unpaired) electrons. The molecule has 2 rings (SSSR count). The molecule has 0 fully saturated rings. The fraction of sp³-hybridized carbons (Fsp3) is 0.0714. The predicted molar refractivity (Wildman–Crippen MR) is 76.8 cm³/mol. The van der Waals surface area contributed by atoms with Crippen molar-refractivity contribution in [1.29, 1.82) is 0 Å². The lowest BCUT2D eigenvalue weighted by molar-refractivity contribution is 0.102. The summed E-state index contributed by atoms with van der Waals surface area (Å²) in [4.78, 5) is 12.2. The van der Waals surface area contributed by atoms with Gasteiger partial charge in [-0.3, -0.25) is 4.79 Å². The van der Waals surface area contributed by atoms with Crippen molar-refractivity contribution < 1.29 is 9.53 Å². The Morgan fingerprint density at radius 3 is 2.74 bits per heavy atom. The van der Waals surface area contributed by atoms with Gasteiger partial charge in [0.2, 0.25) is 0 Å². The summed E-state index contributed by atoms with van der Waals surface area (Å²) in [7, 11) is 1.50. The summed E-state index contributed by atoms with van der Waals surface area (Å²) in [6, 6.07) is 11.8. The normalized spacial score (nSPS) is 10.0. The van der Waals surface area contributed by atoms with Gasteiger partial charge in [0.1, 0.15) is 5.75 Å². The van der Waals surface area contributed by atoms with Gasteiger partial charge in [-0.1, -0.05) is 17.7 Å². The van der Waals surface area contributed by atoms with Crippen molar-refractivity contribution in [3.63, 3.8) is 0 Å². The van der Waals surface area contributed by atoms with Gasteiger partial charge in [-0.15, -0.1) is 0 Å². The summed E-state index contributed by atoms with van der Waals surface area (Å²) in [5.74, 6) is 0.167. The minimum Gasteiger partial charge on any atom is -0.496 e. The van der Waals surface area contributed by atoms with Crippen molar-refractivity contribution in [2.24, 2.45) is 0 Å². The van der Waals surface area contributed by atoms with Crippen LogP contribution < -0.4 is 15.8 Å². The third kappa shape index (κ3) is 3.17. The van der Waals surface area contributed by atoms with Crippen molar-refractivity contribution in [3.8, 4) is 5.75 Å². The van der Waals surface area contributed by atoms with Crippen LogP contribution in [-0.4, -0.2) is 13.0 Å². The van der Waals surface area contributed by atoms with E-state index < -0.39 is 0 Å². The van der Waals surface area contributed by atoms with Crippen molar-refractivity contribution in [1.82, 2.24) is 0 Å². The maximum atomic E-state index is 12.2. The fourth-order valence-corrected chi connectivity index (χ4v) is 1.86. The third-order valence-electron chi connectivity index (χ3n) is 2.55. The highest BCUT2D eigenvalue weighted by Crippen LogP contribution is 2.23. The molecule has 19 heavy (non-hydrogen) atoms. The van der Waals surface area contributed by atoms with Crippen LogP contribution in [-0.2, 0) is 0 Å². The Balaban J connectivity index is 2.27. The number of benzene rings is 2. The molecular weight excluding hydrogens is 264 g/mol. The first kappa shape index (κ1) is 13.2. The highest BCUT2D eigenvalue weighted by atomic mass is 35.5. The van der Waals surface area contributed by atoms with Gasteiger partial charge in [0.25, 0.3) is 5.91 Å². The zero-order chi connectivity index (χ0) is 13.8. The third-order valence-corrected chi connectivity index (χ3v) is 2.79. The summed E-state index contributed by atoms with van der Waals surface area (Å²) in [6.07, 6.45) is 0. The van der Waals surface area contributed by atoms with Crippen molar-refractivity contribution in [2.45, 2.75) is 0 Å². The molecule has 0 saturated carbocycles. The van der Waals surface area contributed by atoms with Crippen LogP contribution in [0.3, 0.4) is 0 Å². The number of carbonyl (C=O) groups excluding carboxylic acids is 1. The molecular formula is C14H13ClN2O2. The smallest absolute Gasteiger partial charge is 0.259 e. The molecule has 2 aromatic carbocycles. The van der Waals surface area contributed by atoms with Gasteiger partial charge < -0.3 is 15.8 Å². The number of nitrogens with one attached hydrogen (secondary N) is 1. The Labute approximate surface area is 116 Å². The molecule has 4 nitrogen and oxygen atoms in total. The quantitative estimate of drug-likeness (QED) is 0.846. The molecule has 0 bridgehead atoms. The highest BCUT2D eigenvalue weighted by Gasteiger charge is 2.12. The van der Waals surface area contributed by atoms with Crippen molar-refractivity contribution >= 4 is 28.9 Å². The number of ether oxygens (including phenoxy) is 1. The number of nitrogen functional groups attached to an aromatic ring is 1. The van der Waals surface area contributed by atoms with E-state index in [4.69, 9.17) is 22.1 Å². The number of hydrogen-bond donors (Lipinski definition) is 2. The monoisotopic (exact) mass is 276 g/mol. The van der Waals surface area contributed by atoms with Gasteiger partial charge in [-0.2, -0.15) is 0 Å². The molecule has 2 aromatic rings. The summed E-state index contributed by atoms with van der Waals surface area (Å²) < 4.78 is 5.14. The molecule has 5 heteroatoms. The summed E-state index contributed by atoms with van der Waals surface area (Å²) in [5.41, 5.74) is 7.17. The zero-order valence-electron chi connectivity index (χ0n) is 10.3. The van der Waals surface area contributed by atoms with E-state index in [1.54, 1.807) is 42.5 Å². The fourth-order valence-electron chi connectivity index (χ4n) is 1.67. The lowest BCUT2D eigenvalue weighted by Gasteiger charge is -2.10. The summed E-state index contributed by atoms with van der Waals surface area (Å²) >= 11 is 5.86. The van der Waals surface area contributed by atoms with Crippen molar-refractivity contribution in [2.75, 3.05) is 18.2 Å². The van der Waals surface area contributed by atoms with Crippen LogP contribution in [0.15, 0.2) is 42.5 Å². The van der Waals surface area contributed by atoms with Crippen LogP contribution in [0.2, 0.25) is 5.02 Å². The van der Waals surface area contributed by atoms with Crippen LogP contribution in [0, 0.1) is 0 Å². The van der Waals surface area contributed by atoms with E-state index in [2.05, 4.69) is 5.32 Å². The Morgan fingerprint density at radius 1 is 1.26 bits per heavy atom. The predicted octanol–water partition coefficient (Wildman–Crippen LogP) is 3.18. The standard InChI is InChI=1S/C14H13ClN2O2/c1-19-13-6-5-10(16)8-12(13)14(18)17-11-4-2-3-9(15)7-11/h2-8H,16H2,1H3,(H,17,18). The maximum Gasteiger partial charge on any atom is 0.259 e. The first-order valence-corrected chi connectivity index (χ1v) is 5.98. The van der Waals surface area contributed by atoms with Crippen LogP contribution in [0.4, 0.5) is 11.4 Å². The molecule has 0 aliphatic carbocycles. The van der Waals surface area contributed by atoms with E-state index in [1.807, 2.05) is 0 Å². The van der Waals surface area contributed by atoms with Gasteiger partial charge in [0, 0.05) is 16.4 Å². The molecule has 0 heterocycles. The second-order valence-electron chi connectivity index (χ2n) is 3.92. The Bertz CT molecular complexity index is 614. The van der Waals surface area contributed by atoms with E-state index in [-0.39, 0.29) is 5.91 Å². The van der Waals surface area contributed by atoms with Gasteiger partial charge >= 0.3 is 0 Å². The molecule has 3 N–H and O–H groups in total. The van der Waals surface area contributed by atoms with Gasteiger partial charge in [0.15, 0.2) is 0 Å². The Morgan fingerprint density at radius 2 is 2.05 bits per heavy atom. The highest BCUT2D eigenvalue weighted by molar-refractivity contribution is 6.31. The largest absolute Gasteiger partial charge is 0.496 e. The van der Waals surface area contributed by atoms with E-state index >= 15 is 0 Å². The number of rotatable bonds is 3. The molecule has 0 unspecified atom stereocenters. The number of nitrogens with two attached hydrogens (primary N) is 1. The lowest BCUT2D eigenvalue weighted by Crippen LogP contribution is -2.13. The molecule has 0 saturated heterocycles. The zero-order valence-corrected chi connectivity index (χ0v) is 11.1. The first-order valence-electron chi connectivity index (χ1n) is 5.60. The average molecular weight is 277 g/mol. The minimum absolute atomic E-state index is 0.300. The number of halogens is 1. The van der Waals surface area contributed by atoms with E-state index in [9.17, 15) is 4.79 Å². The SMILES string of the molecule is COc1ccc(N)cc1C(=O)Nc1cccc(Cl)c1. The van der Waals surface area contributed by atoms with Gasteiger partial charge in [-0.25, -0.2) is 0 Å². The summed E-state index contributed by atoms with van der Waals surface area (Å²) in [5, 5.41) is 3.30. The van der Waals surface area contributed by atoms with Crippen LogP contribution in [0.25, 0.3) is 0 Å². The van der Waals surface area contributed by atoms with Gasteiger partial charge in [-0.05, 0) is 36.4 Å². The minimum atomic E-state index is -0.300. The van der Waals surface area contributed by atoms with E-state index in [0.29, 0.717) is 27.7 Å². The molecule has 98 valence electrons. The van der Waals surface area contributed by atoms with Gasteiger partial charge in [0.05, 0.1) is 12.7 Å². The maximum absolute atomic E-state index is 12.2. The first-order chi connectivity index (χ1) is 9.10. The second kappa shape index (κ2) is 5.63. The Hall–Kier alpha value is -2.20. The topological polar surface area (TPSA) is 64.3 Å². The molecule has 0 aromatic heterocycles. The molecule has 0 spiro atoms. The van der Waals surface area contributed by atoms with E-state index in [0.717, 1.165) is 0 Å². The number of carbonyl (C=O) groups is 1. The Kier molecular flexibility index (Phi) is 3.92. The molecule has 0 aliphatic rings. The molecule has 1 amide bonds. The van der Waals surface area contributed by atoms with Crippen LogP contribution in [0.5, 0.6) is 5.75 Å². The van der Waals surface area contributed by atoms with E-state index in [1.165, 1.54) is 7.11 Å².